The maximum Gasteiger partial charge on any atom is 0.160 e. The number of hydrogen-bond donors (Lipinski definition) is 1. The first kappa shape index (κ1) is 15.2. The summed E-state index contributed by atoms with van der Waals surface area (Å²) in [6.45, 7) is 9.73. The summed E-state index contributed by atoms with van der Waals surface area (Å²) in [6, 6.07) is 7.97. The van der Waals surface area contributed by atoms with E-state index >= 15 is 0 Å². The number of carbonyl (C=O) groups excluding carboxylic acids is 1. The minimum absolute atomic E-state index is 0.0686. The number of aromatic nitrogens is 1. The molecule has 102 valence electrons. The molecule has 0 bridgehead atoms. The quantitative estimate of drug-likeness (QED) is 0.835. The summed E-state index contributed by atoms with van der Waals surface area (Å²) in [5.74, 6) is 0.0686. The molecule has 1 N–H and O–H groups in total. The minimum Gasteiger partial charge on any atom is -0.381 e. The number of nitrogens with zero attached hydrogens (tertiary/aromatic N) is 1. The van der Waals surface area contributed by atoms with Crippen LogP contribution < -0.4 is 5.32 Å². The highest BCUT2D eigenvalue weighted by Crippen LogP contribution is 2.24. The van der Waals surface area contributed by atoms with Crippen molar-refractivity contribution in [3.63, 3.8) is 0 Å². The van der Waals surface area contributed by atoms with Crippen LogP contribution in [-0.4, -0.2) is 16.8 Å². The maximum absolute atomic E-state index is 11.5. The van der Waals surface area contributed by atoms with Gasteiger partial charge < -0.3 is 5.32 Å². The Hall–Kier alpha value is -1.90. The van der Waals surface area contributed by atoms with E-state index in [1.54, 1.807) is 19.2 Å². The molecule has 0 saturated heterocycles. The third-order valence-corrected chi connectivity index (χ3v) is 2.59. The van der Waals surface area contributed by atoms with Crippen LogP contribution in [0.4, 0.5) is 5.69 Å². The molecule has 0 atom stereocenters. The highest BCUT2D eigenvalue weighted by atomic mass is 16.1. The topological polar surface area (TPSA) is 42.0 Å². The smallest absolute Gasteiger partial charge is 0.160 e. The number of hydrogen-bond acceptors (Lipinski definition) is 3. The van der Waals surface area contributed by atoms with E-state index in [4.69, 9.17) is 0 Å². The Bertz CT molecular complexity index is 562. The summed E-state index contributed by atoms with van der Waals surface area (Å²) >= 11 is 0. The Morgan fingerprint density at radius 1 is 1.21 bits per heavy atom. The van der Waals surface area contributed by atoms with Crippen molar-refractivity contribution < 1.29 is 4.79 Å². The molecule has 0 fully saturated rings. The number of benzene rings is 1. The molecule has 0 spiro atoms. The Morgan fingerprint density at radius 2 is 1.89 bits per heavy atom. The van der Waals surface area contributed by atoms with Crippen LogP contribution in [0.15, 0.2) is 30.5 Å². The number of anilines is 1. The first-order valence-electron chi connectivity index (χ1n) is 6.75. The Morgan fingerprint density at radius 3 is 2.47 bits per heavy atom. The van der Waals surface area contributed by atoms with Crippen LogP contribution in [0.1, 0.15) is 45.0 Å². The zero-order valence-corrected chi connectivity index (χ0v) is 12.3. The van der Waals surface area contributed by atoms with Crippen molar-refractivity contribution >= 4 is 22.4 Å². The number of nitrogens with one attached hydrogen (secondary N) is 1. The van der Waals surface area contributed by atoms with Crippen molar-refractivity contribution in [1.29, 1.82) is 0 Å². The molecule has 3 heteroatoms. The molecule has 0 aliphatic carbocycles. The minimum atomic E-state index is 0.0686. The van der Waals surface area contributed by atoms with E-state index in [0.717, 1.165) is 22.2 Å². The number of pyridine rings is 1. The van der Waals surface area contributed by atoms with E-state index in [-0.39, 0.29) is 5.78 Å². The lowest BCUT2D eigenvalue weighted by molar-refractivity contribution is 0.101. The molecule has 1 aromatic carbocycles. The third-order valence-electron chi connectivity index (χ3n) is 2.59. The van der Waals surface area contributed by atoms with E-state index in [1.165, 1.54) is 0 Å². The maximum atomic E-state index is 11.5. The predicted molar refractivity (Wildman–Crippen MR) is 81.9 cm³/mol. The molecule has 0 unspecified atom stereocenters. The third kappa shape index (κ3) is 3.53. The highest BCUT2D eigenvalue weighted by molar-refractivity contribution is 6.08. The second-order valence-electron chi connectivity index (χ2n) is 4.42. The molecule has 0 radical (unpaired) electrons. The van der Waals surface area contributed by atoms with Gasteiger partial charge in [0.05, 0.1) is 11.2 Å². The Labute approximate surface area is 115 Å². The Balaban J connectivity index is 0.000000861. The number of Topliss-reactive ketones (excluding diaryl/α,β-unsaturated/α-hetero) is 1. The summed E-state index contributed by atoms with van der Waals surface area (Å²) < 4.78 is 0. The zero-order valence-electron chi connectivity index (χ0n) is 12.3. The van der Waals surface area contributed by atoms with E-state index < -0.39 is 0 Å². The first-order chi connectivity index (χ1) is 9.09. The van der Waals surface area contributed by atoms with E-state index in [0.29, 0.717) is 6.04 Å². The lowest BCUT2D eigenvalue weighted by Crippen LogP contribution is -2.10. The largest absolute Gasteiger partial charge is 0.381 e. The normalized spacial score (nSPS) is 10.0. The van der Waals surface area contributed by atoms with Gasteiger partial charge in [0, 0.05) is 23.2 Å². The van der Waals surface area contributed by atoms with Gasteiger partial charge in [-0.2, -0.15) is 0 Å². The lowest BCUT2D eigenvalue weighted by atomic mass is 10.1. The van der Waals surface area contributed by atoms with Crippen LogP contribution in [0.3, 0.4) is 0 Å². The molecular formula is C16H22N2O. The zero-order chi connectivity index (χ0) is 14.4. The summed E-state index contributed by atoms with van der Waals surface area (Å²) in [5, 5.41) is 4.25. The molecule has 1 heterocycles. The van der Waals surface area contributed by atoms with Gasteiger partial charge in [-0.3, -0.25) is 9.78 Å². The molecule has 2 aromatic rings. The monoisotopic (exact) mass is 258 g/mol. The van der Waals surface area contributed by atoms with Crippen LogP contribution in [-0.2, 0) is 0 Å². The van der Waals surface area contributed by atoms with Crippen LogP contribution >= 0.6 is 0 Å². The number of carbonyl (C=O) groups is 1. The van der Waals surface area contributed by atoms with Gasteiger partial charge in [-0.15, -0.1) is 0 Å². The van der Waals surface area contributed by atoms with Crippen LogP contribution in [0.5, 0.6) is 0 Å². The predicted octanol–water partition coefficient (Wildman–Crippen LogP) is 4.28. The average molecular weight is 258 g/mol. The van der Waals surface area contributed by atoms with E-state index in [9.17, 15) is 4.79 Å². The number of para-hydroxylation sites is 1. The number of fused-ring (bicyclic) bond motifs is 1. The van der Waals surface area contributed by atoms with Crippen LogP contribution in [0.2, 0.25) is 0 Å². The fraction of sp³-hybridized carbons (Fsp3) is 0.375. The van der Waals surface area contributed by atoms with Gasteiger partial charge in [0.2, 0.25) is 0 Å². The van der Waals surface area contributed by atoms with Crippen molar-refractivity contribution in [3.8, 4) is 0 Å². The van der Waals surface area contributed by atoms with Crippen molar-refractivity contribution in [2.75, 3.05) is 5.32 Å². The van der Waals surface area contributed by atoms with Gasteiger partial charge in [0.1, 0.15) is 0 Å². The van der Waals surface area contributed by atoms with Gasteiger partial charge >= 0.3 is 0 Å². The molecule has 0 saturated carbocycles. The average Bonchev–Trinajstić information content (AvgIpc) is 2.40. The SMILES string of the molecule is CC.CC(=O)c1ccnc2c(NC(C)C)cccc12. The summed E-state index contributed by atoms with van der Waals surface area (Å²) in [4.78, 5) is 15.9. The fourth-order valence-corrected chi connectivity index (χ4v) is 1.91. The summed E-state index contributed by atoms with van der Waals surface area (Å²) in [5.41, 5.74) is 2.55. The van der Waals surface area contributed by atoms with Crippen LogP contribution in [0, 0.1) is 0 Å². The summed E-state index contributed by atoms with van der Waals surface area (Å²) in [6.07, 6.45) is 1.69. The van der Waals surface area contributed by atoms with Gasteiger partial charge in [0.15, 0.2) is 5.78 Å². The molecule has 19 heavy (non-hydrogen) atoms. The van der Waals surface area contributed by atoms with Gasteiger partial charge in [0.25, 0.3) is 0 Å². The van der Waals surface area contributed by atoms with Gasteiger partial charge in [-0.25, -0.2) is 0 Å². The second kappa shape index (κ2) is 6.88. The molecule has 0 aliphatic rings. The molecule has 3 nitrogen and oxygen atoms in total. The van der Waals surface area contributed by atoms with Crippen molar-refractivity contribution in [2.45, 2.75) is 40.7 Å². The second-order valence-corrected chi connectivity index (χ2v) is 4.42. The fourth-order valence-electron chi connectivity index (χ4n) is 1.91. The molecular weight excluding hydrogens is 236 g/mol. The van der Waals surface area contributed by atoms with E-state index in [2.05, 4.69) is 24.1 Å². The molecule has 0 aliphatic heterocycles. The van der Waals surface area contributed by atoms with Crippen LogP contribution in [0.25, 0.3) is 10.9 Å². The van der Waals surface area contributed by atoms with E-state index in [1.807, 2.05) is 32.0 Å². The van der Waals surface area contributed by atoms with Gasteiger partial charge in [-0.1, -0.05) is 26.0 Å². The number of rotatable bonds is 3. The molecule has 2 rings (SSSR count). The highest BCUT2D eigenvalue weighted by Gasteiger charge is 2.09. The first-order valence-corrected chi connectivity index (χ1v) is 6.75. The van der Waals surface area contributed by atoms with Gasteiger partial charge in [-0.05, 0) is 32.9 Å². The number of ketones is 1. The Kier molecular flexibility index (Phi) is 5.49. The van der Waals surface area contributed by atoms with Crippen molar-refractivity contribution in [3.05, 3.63) is 36.0 Å². The van der Waals surface area contributed by atoms with Crippen molar-refractivity contribution in [1.82, 2.24) is 4.98 Å². The molecule has 1 aromatic heterocycles. The lowest BCUT2D eigenvalue weighted by Gasteiger charge is -2.12. The summed E-state index contributed by atoms with van der Waals surface area (Å²) in [7, 11) is 0. The standard InChI is InChI=1S/C14H16N2O.C2H6/c1-9(2)16-13-6-4-5-12-11(10(3)17)7-8-15-14(12)13;1-2/h4-9,16H,1-3H3;1-2H3. The molecule has 0 amide bonds. The van der Waals surface area contributed by atoms with Crippen molar-refractivity contribution in [2.24, 2.45) is 0 Å².